The number of aliphatic hydroxyl groups is 1. The third kappa shape index (κ3) is 2.86. The van der Waals surface area contributed by atoms with Gasteiger partial charge in [-0.2, -0.15) is 5.26 Å². The lowest BCUT2D eigenvalue weighted by Crippen LogP contribution is -2.15. The van der Waals surface area contributed by atoms with E-state index in [1.807, 2.05) is 0 Å². The Morgan fingerprint density at radius 1 is 1.44 bits per heavy atom. The predicted octanol–water partition coefficient (Wildman–Crippen LogP) is 1.49. The summed E-state index contributed by atoms with van der Waals surface area (Å²) in [5, 5.41) is 26.2. The zero-order valence-electron chi connectivity index (χ0n) is 9.42. The molecule has 1 aromatic carbocycles. The molecule has 0 heterocycles. The van der Waals surface area contributed by atoms with Crippen molar-refractivity contribution < 1.29 is 19.8 Å². The number of hydrogen-bond acceptors (Lipinski definition) is 4. The highest BCUT2D eigenvalue weighted by Gasteiger charge is 2.22. The molecule has 1 rings (SSSR count). The van der Waals surface area contributed by atoms with Gasteiger partial charge in [-0.25, -0.2) is 4.79 Å². The molecular weight excluding hydrogens is 258 g/mol. The van der Waals surface area contributed by atoms with E-state index in [0.717, 1.165) is 0 Å². The van der Waals surface area contributed by atoms with Crippen molar-refractivity contribution in [1.29, 1.82) is 5.26 Å². The van der Waals surface area contributed by atoms with Gasteiger partial charge in [0, 0.05) is 11.1 Å². The topological polar surface area (TPSA) is 98.4 Å². The molecule has 2 atom stereocenters. The monoisotopic (exact) mass is 267 g/mol. The van der Waals surface area contributed by atoms with Crippen molar-refractivity contribution in [3.05, 3.63) is 34.9 Å². The molecule has 0 aliphatic heterocycles. The molecule has 5 nitrogen and oxygen atoms in total. The minimum absolute atomic E-state index is 0.00340. The third-order valence-corrected chi connectivity index (χ3v) is 2.54. The van der Waals surface area contributed by atoms with E-state index in [0.29, 0.717) is 0 Å². The highest BCUT2D eigenvalue weighted by atomic mass is 35.5. The summed E-state index contributed by atoms with van der Waals surface area (Å²) in [5.41, 5.74) is 0.0450. The number of nitrogens with zero attached hydrogens (tertiary/aromatic N) is 1. The fourth-order valence-corrected chi connectivity index (χ4v) is 1.53. The van der Waals surface area contributed by atoms with E-state index in [2.05, 4.69) is 0 Å². The van der Waals surface area contributed by atoms with Crippen molar-refractivity contribution in [2.45, 2.75) is 18.4 Å². The molecule has 0 aliphatic carbocycles. The second-order valence-corrected chi connectivity index (χ2v) is 4.29. The molecule has 0 spiro atoms. The molecule has 0 saturated carbocycles. The fourth-order valence-electron chi connectivity index (χ4n) is 1.41. The minimum atomic E-state index is -1.85. The molecule has 18 heavy (non-hydrogen) atoms. The van der Waals surface area contributed by atoms with Crippen molar-refractivity contribution in [3.63, 3.8) is 0 Å². The molecule has 0 fully saturated rings. The van der Waals surface area contributed by atoms with Crippen LogP contribution in [0.4, 0.5) is 0 Å². The summed E-state index contributed by atoms with van der Waals surface area (Å²) in [6.45, 7) is 1.48. The molecule has 6 heteroatoms. The number of Topliss-reactive ketones (excluding diaryl/α,β-unsaturated/α-hetero) is 1. The fraction of sp³-hybridized carbons (Fsp3) is 0.250. The first-order valence-electron chi connectivity index (χ1n) is 5.01. The Hall–Kier alpha value is -1.90. The van der Waals surface area contributed by atoms with Gasteiger partial charge in [-0.3, -0.25) is 4.79 Å². The van der Waals surface area contributed by atoms with Gasteiger partial charge in [0.2, 0.25) is 0 Å². The standard InChI is InChI=1S/C12H10ClNO4/c1-6(13)10(15)7-2-3-8(5-14)9(4-7)11(16)12(17)18/h2-4,6,11,16H,1H3,(H,17,18). The lowest BCUT2D eigenvalue weighted by atomic mass is 9.97. The van der Waals surface area contributed by atoms with Crippen molar-refractivity contribution in [2.24, 2.45) is 0 Å². The van der Waals surface area contributed by atoms with Crippen LogP contribution in [0.5, 0.6) is 0 Å². The van der Waals surface area contributed by atoms with Gasteiger partial charge in [-0.05, 0) is 19.1 Å². The maximum absolute atomic E-state index is 11.6. The van der Waals surface area contributed by atoms with E-state index in [1.165, 1.54) is 25.1 Å². The normalized spacial score (nSPS) is 13.4. The SMILES string of the molecule is CC(Cl)C(=O)c1ccc(C#N)c(C(O)C(=O)O)c1. The summed E-state index contributed by atoms with van der Waals surface area (Å²) in [5.74, 6) is -1.89. The summed E-state index contributed by atoms with van der Waals surface area (Å²) in [6, 6.07) is 5.60. The number of hydrogen-bond donors (Lipinski definition) is 2. The Kier molecular flexibility index (Phi) is 4.43. The van der Waals surface area contributed by atoms with E-state index in [-0.39, 0.29) is 16.7 Å². The van der Waals surface area contributed by atoms with Gasteiger partial charge in [0.05, 0.1) is 17.0 Å². The summed E-state index contributed by atoms with van der Waals surface area (Å²) in [4.78, 5) is 22.4. The number of benzene rings is 1. The van der Waals surface area contributed by atoms with Crippen molar-refractivity contribution in [3.8, 4) is 6.07 Å². The van der Waals surface area contributed by atoms with Crippen LogP contribution in [-0.2, 0) is 4.79 Å². The van der Waals surface area contributed by atoms with Crippen molar-refractivity contribution in [2.75, 3.05) is 0 Å². The number of alkyl halides is 1. The van der Waals surface area contributed by atoms with Crippen LogP contribution in [0.15, 0.2) is 18.2 Å². The molecule has 0 amide bonds. The second kappa shape index (κ2) is 5.63. The second-order valence-electron chi connectivity index (χ2n) is 3.63. The van der Waals surface area contributed by atoms with Gasteiger partial charge in [0.25, 0.3) is 0 Å². The number of nitriles is 1. The van der Waals surface area contributed by atoms with E-state index in [1.54, 1.807) is 6.07 Å². The number of ketones is 1. The Morgan fingerprint density at radius 2 is 2.06 bits per heavy atom. The number of aliphatic carboxylic acids is 1. The average molecular weight is 268 g/mol. The van der Waals surface area contributed by atoms with E-state index in [4.69, 9.17) is 22.0 Å². The third-order valence-electron chi connectivity index (χ3n) is 2.35. The number of rotatable bonds is 4. The van der Waals surface area contributed by atoms with Crippen LogP contribution in [0.1, 0.15) is 34.5 Å². The Bertz CT molecular complexity index is 533. The van der Waals surface area contributed by atoms with Crippen LogP contribution in [0.2, 0.25) is 0 Å². The number of halogens is 1. The average Bonchev–Trinajstić information content (AvgIpc) is 2.35. The van der Waals surface area contributed by atoms with Crippen LogP contribution >= 0.6 is 11.6 Å². The van der Waals surface area contributed by atoms with Gasteiger partial charge >= 0.3 is 5.97 Å². The zero-order valence-corrected chi connectivity index (χ0v) is 10.2. The first kappa shape index (κ1) is 14.2. The van der Waals surface area contributed by atoms with E-state index >= 15 is 0 Å². The molecule has 0 saturated heterocycles. The number of carboxylic acids is 1. The summed E-state index contributed by atoms with van der Waals surface area (Å²) in [6.07, 6.45) is -1.85. The maximum Gasteiger partial charge on any atom is 0.337 e. The molecule has 94 valence electrons. The van der Waals surface area contributed by atoms with E-state index in [9.17, 15) is 14.7 Å². The van der Waals surface area contributed by atoms with Gasteiger partial charge < -0.3 is 10.2 Å². The summed E-state index contributed by atoms with van der Waals surface area (Å²) in [7, 11) is 0. The molecule has 2 unspecified atom stereocenters. The zero-order chi connectivity index (χ0) is 13.9. The number of carbonyl (C=O) groups excluding carboxylic acids is 1. The number of aliphatic hydroxyl groups excluding tert-OH is 1. The minimum Gasteiger partial charge on any atom is -0.479 e. The van der Waals surface area contributed by atoms with Crippen molar-refractivity contribution >= 4 is 23.4 Å². The lowest BCUT2D eigenvalue weighted by molar-refractivity contribution is -0.146. The van der Waals surface area contributed by atoms with E-state index < -0.39 is 23.2 Å². The van der Waals surface area contributed by atoms with Crippen LogP contribution in [-0.4, -0.2) is 27.3 Å². The Morgan fingerprint density at radius 3 is 2.50 bits per heavy atom. The van der Waals surface area contributed by atoms with Crippen LogP contribution in [0.3, 0.4) is 0 Å². The largest absolute Gasteiger partial charge is 0.479 e. The first-order chi connectivity index (χ1) is 8.38. The molecular formula is C12H10ClNO4. The van der Waals surface area contributed by atoms with Crippen molar-refractivity contribution in [1.82, 2.24) is 0 Å². The first-order valence-corrected chi connectivity index (χ1v) is 5.45. The Labute approximate surface area is 108 Å². The predicted molar refractivity (Wildman–Crippen MR) is 63.4 cm³/mol. The number of carboxylic acid groups (broad SMARTS) is 1. The Balaban J connectivity index is 3.31. The number of carbonyl (C=O) groups is 2. The molecule has 0 bridgehead atoms. The summed E-state index contributed by atoms with van der Waals surface area (Å²) >= 11 is 5.64. The molecule has 0 aromatic heterocycles. The molecule has 1 aromatic rings. The molecule has 0 radical (unpaired) electrons. The van der Waals surface area contributed by atoms with Gasteiger partial charge in [-0.15, -0.1) is 11.6 Å². The molecule has 0 aliphatic rings. The smallest absolute Gasteiger partial charge is 0.337 e. The molecule has 2 N–H and O–H groups in total. The summed E-state index contributed by atoms with van der Waals surface area (Å²) < 4.78 is 0. The highest BCUT2D eigenvalue weighted by Crippen LogP contribution is 2.21. The van der Waals surface area contributed by atoms with Crippen LogP contribution in [0, 0.1) is 11.3 Å². The lowest BCUT2D eigenvalue weighted by Gasteiger charge is -2.10. The maximum atomic E-state index is 11.6. The quantitative estimate of drug-likeness (QED) is 0.636. The van der Waals surface area contributed by atoms with Gasteiger partial charge in [-0.1, -0.05) is 6.07 Å². The highest BCUT2D eigenvalue weighted by molar-refractivity contribution is 6.33. The van der Waals surface area contributed by atoms with Crippen LogP contribution < -0.4 is 0 Å². The van der Waals surface area contributed by atoms with Gasteiger partial charge in [0.1, 0.15) is 0 Å². The van der Waals surface area contributed by atoms with Crippen LogP contribution in [0.25, 0.3) is 0 Å². The van der Waals surface area contributed by atoms with Gasteiger partial charge in [0.15, 0.2) is 11.9 Å².